The van der Waals surface area contributed by atoms with Crippen LogP contribution in [0.2, 0.25) is 0 Å². The molecule has 0 spiro atoms. The summed E-state index contributed by atoms with van der Waals surface area (Å²) in [5.41, 5.74) is 6.15. The minimum Gasteiger partial charge on any atom is -0.497 e. The van der Waals surface area contributed by atoms with Crippen molar-refractivity contribution in [2.75, 3.05) is 14.2 Å². The van der Waals surface area contributed by atoms with Gasteiger partial charge in [-0.05, 0) is 12.1 Å². The Morgan fingerprint density at radius 2 is 1.62 bits per heavy atom. The van der Waals surface area contributed by atoms with Crippen molar-refractivity contribution in [1.29, 1.82) is 0 Å². The second-order valence-electron chi connectivity index (χ2n) is 2.56. The molecule has 0 aliphatic rings. The van der Waals surface area contributed by atoms with Crippen LogP contribution in [0.1, 0.15) is 5.56 Å². The van der Waals surface area contributed by atoms with Gasteiger partial charge >= 0.3 is 0 Å². The monoisotopic (exact) mass is 181 g/mol. The van der Waals surface area contributed by atoms with Gasteiger partial charge in [-0.1, -0.05) is 0 Å². The fourth-order valence-corrected chi connectivity index (χ4v) is 0.974. The lowest BCUT2D eigenvalue weighted by Crippen LogP contribution is -2.46. The van der Waals surface area contributed by atoms with Gasteiger partial charge in [0.15, 0.2) is 0 Å². The van der Waals surface area contributed by atoms with Gasteiger partial charge in [-0.2, -0.15) is 0 Å². The van der Waals surface area contributed by atoms with E-state index in [2.05, 4.69) is 0 Å². The molecule has 1 aromatic rings. The summed E-state index contributed by atoms with van der Waals surface area (Å²) in [6.07, 6.45) is 0. The Kier molecular flexibility index (Phi) is 2.74. The number of methoxy groups -OCH3 is 2. The Balaban J connectivity index is 3.14. The molecule has 1 aromatic carbocycles. The summed E-state index contributed by atoms with van der Waals surface area (Å²) < 4.78 is 10.1. The molecule has 4 heteroatoms. The van der Waals surface area contributed by atoms with Crippen molar-refractivity contribution in [3.63, 3.8) is 0 Å². The molecule has 0 saturated heterocycles. The second-order valence-corrected chi connectivity index (χ2v) is 2.56. The summed E-state index contributed by atoms with van der Waals surface area (Å²) in [6.45, 7) is 0. The average molecular weight is 181 g/mol. The van der Waals surface area contributed by atoms with Gasteiger partial charge in [0, 0.05) is 6.07 Å². The van der Waals surface area contributed by atoms with E-state index in [-0.39, 0.29) is 5.84 Å². The van der Waals surface area contributed by atoms with Gasteiger partial charge in [0.05, 0.1) is 19.8 Å². The summed E-state index contributed by atoms with van der Waals surface area (Å²) in [4.78, 5) is 0. The third kappa shape index (κ3) is 2.11. The van der Waals surface area contributed by atoms with Gasteiger partial charge < -0.3 is 9.47 Å². The van der Waals surface area contributed by atoms with Crippen LogP contribution in [0.25, 0.3) is 0 Å². The van der Waals surface area contributed by atoms with E-state index in [1.807, 2.05) is 0 Å². The Morgan fingerprint density at radius 3 is 1.92 bits per heavy atom. The van der Waals surface area contributed by atoms with Crippen molar-refractivity contribution in [2.45, 2.75) is 0 Å². The first-order valence-electron chi connectivity index (χ1n) is 3.78. The Labute approximate surface area is 76.8 Å². The molecule has 0 bridgehead atoms. The molecule has 4 nitrogen and oxygen atoms in total. The predicted molar refractivity (Wildman–Crippen MR) is 49.8 cm³/mol. The highest BCUT2D eigenvalue weighted by atomic mass is 16.5. The molecule has 70 valence electrons. The maximum absolute atomic E-state index is 5.44. The standard InChI is InChI=1S/C9H12N2O2/c1-12-7-3-6(9(10)11)4-8(5-7)13-2/h3-5H,1-2H3,(H3,10,11)/p+1. The van der Waals surface area contributed by atoms with Crippen LogP contribution < -0.4 is 20.6 Å². The molecule has 0 radical (unpaired) electrons. The fraction of sp³-hybridized carbons (Fsp3) is 0.222. The van der Waals surface area contributed by atoms with E-state index in [4.69, 9.17) is 20.6 Å². The SMILES string of the molecule is COc1cc(OC)cc(C(N)=[NH2+])c1. The lowest BCUT2D eigenvalue weighted by Gasteiger charge is -2.05. The largest absolute Gasteiger partial charge is 0.497 e. The lowest BCUT2D eigenvalue weighted by molar-refractivity contribution is -0.114. The molecule has 0 atom stereocenters. The summed E-state index contributed by atoms with van der Waals surface area (Å²) in [6, 6.07) is 5.25. The summed E-state index contributed by atoms with van der Waals surface area (Å²) in [7, 11) is 3.15. The first-order chi connectivity index (χ1) is 6.17. The normalized spacial score (nSPS) is 9.38. The van der Waals surface area contributed by atoms with Crippen LogP contribution in [0.3, 0.4) is 0 Å². The summed E-state index contributed by atoms with van der Waals surface area (Å²) in [5.74, 6) is 1.59. The van der Waals surface area contributed by atoms with Crippen LogP contribution in [0, 0.1) is 0 Å². The first-order valence-corrected chi connectivity index (χ1v) is 3.78. The van der Waals surface area contributed by atoms with E-state index in [0.717, 1.165) is 0 Å². The molecular formula is C9H13N2O2+. The molecule has 0 aromatic heterocycles. The number of benzene rings is 1. The zero-order chi connectivity index (χ0) is 9.84. The Hall–Kier alpha value is -1.71. The summed E-state index contributed by atoms with van der Waals surface area (Å²) in [5, 5.41) is 5.44. The molecule has 0 heterocycles. The van der Waals surface area contributed by atoms with Crippen LogP contribution in [0.5, 0.6) is 11.5 Å². The number of ether oxygens (including phenoxy) is 2. The van der Waals surface area contributed by atoms with Crippen molar-refractivity contribution in [2.24, 2.45) is 5.73 Å². The van der Waals surface area contributed by atoms with Crippen LogP contribution in [0.4, 0.5) is 0 Å². The Bertz CT molecular complexity index is 301. The van der Waals surface area contributed by atoms with E-state index >= 15 is 0 Å². The number of hydrogen-bond acceptors (Lipinski definition) is 2. The third-order valence-electron chi connectivity index (χ3n) is 1.68. The molecule has 0 fully saturated rings. The van der Waals surface area contributed by atoms with Gasteiger partial charge in [-0.3, -0.25) is 11.1 Å². The van der Waals surface area contributed by atoms with E-state index in [1.165, 1.54) is 0 Å². The van der Waals surface area contributed by atoms with Crippen molar-refractivity contribution in [1.82, 2.24) is 0 Å². The molecule has 0 aliphatic heterocycles. The van der Waals surface area contributed by atoms with Crippen LogP contribution >= 0.6 is 0 Å². The molecule has 0 aliphatic carbocycles. The summed E-state index contributed by atoms with van der Waals surface area (Å²) >= 11 is 0. The number of nitrogens with two attached hydrogens (primary N) is 2. The lowest BCUT2D eigenvalue weighted by atomic mass is 10.2. The van der Waals surface area contributed by atoms with E-state index < -0.39 is 0 Å². The smallest absolute Gasteiger partial charge is 0.270 e. The molecular weight excluding hydrogens is 168 g/mol. The van der Waals surface area contributed by atoms with Gasteiger partial charge in [-0.25, -0.2) is 0 Å². The van der Waals surface area contributed by atoms with Crippen molar-refractivity contribution in [3.8, 4) is 11.5 Å². The van der Waals surface area contributed by atoms with Crippen LogP contribution in [-0.2, 0) is 0 Å². The topological polar surface area (TPSA) is 70.1 Å². The van der Waals surface area contributed by atoms with Crippen LogP contribution in [-0.4, -0.2) is 20.1 Å². The molecule has 0 saturated carbocycles. The maximum atomic E-state index is 5.44. The second kappa shape index (κ2) is 3.80. The zero-order valence-electron chi connectivity index (χ0n) is 7.70. The van der Waals surface area contributed by atoms with Gasteiger partial charge in [0.2, 0.25) is 0 Å². The predicted octanol–water partition coefficient (Wildman–Crippen LogP) is -0.832. The molecule has 0 unspecified atom stereocenters. The number of rotatable bonds is 3. The first kappa shape index (κ1) is 9.38. The molecule has 4 N–H and O–H groups in total. The van der Waals surface area contributed by atoms with Gasteiger partial charge in [-0.15, -0.1) is 0 Å². The zero-order valence-corrected chi connectivity index (χ0v) is 7.70. The highest BCUT2D eigenvalue weighted by Gasteiger charge is 2.06. The average Bonchev–Trinajstić information content (AvgIpc) is 2.16. The number of hydrogen-bond donors (Lipinski definition) is 2. The van der Waals surface area contributed by atoms with Crippen molar-refractivity contribution < 1.29 is 14.9 Å². The number of amidine groups is 1. The van der Waals surface area contributed by atoms with E-state index in [9.17, 15) is 0 Å². The minimum absolute atomic E-state index is 0.247. The van der Waals surface area contributed by atoms with Crippen LogP contribution in [0.15, 0.2) is 18.2 Å². The molecule has 13 heavy (non-hydrogen) atoms. The minimum atomic E-state index is 0.247. The Morgan fingerprint density at radius 1 is 1.15 bits per heavy atom. The highest BCUT2D eigenvalue weighted by Crippen LogP contribution is 2.21. The van der Waals surface area contributed by atoms with Gasteiger partial charge in [0.25, 0.3) is 5.84 Å². The van der Waals surface area contributed by atoms with E-state index in [1.54, 1.807) is 32.4 Å². The van der Waals surface area contributed by atoms with Crippen molar-refractivity contribution >= 4 is 5.84 Å². The van der Waals surface area contributed by atoms with Gasteiger partial charge in [0.1, 0.15) is 11.5 Å². The van der Waals surface area contributed by atoms with Crippen molar-refractivity contribution in [3.05, 3.63) is 23.8 Å². The highest BCUT2D eigenvalue weighted by molar-refractivity contribution is 5.93. The maximum Gasteiger partial charge on any atom is 0.270 e. The quantitative estimate of drug-likeness (QED) is 0.472. The van der Waals surface area contributed by atoms with E-state index in [0.29, 0.717) is 17.1 Å². The third-order valence-corrected chi connectivity index (χ3v) is 1.68. The molecule has 0 amide bonds. The molecule has 1 rings (SSSR count). The fourth-order valence-electron chi connectivity index (χ4n) is 0.974.